The molecule has 0 atom stereocenters. The van der Waals surface area contributed by atoms with E-state index >= 15 is 0 Å². The Hall–Kier alpha value is -3.59. The van der Waals surface area contributed by atoms with Crippen molar-refractivity contribution in [1.29, 1.82) is 0 Å². The number of hydrogen-bond donors (Lipinski definition) is 3. The van der Waals surface area contributed by atoms with Crippen LogP contribution in [0.1, 0.15) is 40.3 Å². The van der Waals surface area contributed by atoms with Gasteiger partial charge < -0.3 is 20.9 Å². The number of nitrogens with zero attached hydrogens (tertiary/aromatic N) is 3. The first-order valence-corrected chi connectivity index (χ1v) is 11.6. The van der Waals surface area contributed by atoms with Crippen molar-refractivity contribution in [1.82, 2.24) is 20.2 Å². The molecule has 0 unspecified atom stereocenters. The molecule has 5 rings (SSSR count). The second kappa shape index (κ2) is 8.88. The summed E-state index contributed by atoms with van der Waals surface area (Å²) in [5.74, 6) is -0.201. The van der Waals surface area contributed by atoms with Gasteiger partial charge in [0, 0.05) is 48.5 Å². The van der Waals surface area contributed by atoms with E-state index in [9.17, 15) is 13.2 Å². The monoisotopic (exact) mass is 480 g/mol. The van der Waals surface area contributed by atoms with Crippen LogP contribution in [-0.2, 0) is 32.1 Å². The van der Waals surface area contributed by atoms with Gasteiger partial charge in [-0.25, -0.2) is 4.98 Å². The highest BCUT2D eigenvalue weighted by atomic mass is 19.4. The van der Waals surface area contributed by atoms with Gasteiger partial charge >= 0.3 is 6.18 Å². The highest BCUT2D eigenvalue weighted by Gasteiger charge is 2.36. The van der Waals surface area contributed by atoms with Gasteiger partial charge in [-0.2, -0.15) is 18.2 Å². The Balaban J connectivity index is 1.51. The minimum Gasteiger partial charge on any atom is -0.381 e. The molecule has 182 valence electrons. The lowest BCUT2D eigenvalue weighted by atomic mass is 9.95. The number of aryl methyl sites for hydroxylation is 1. The molecule has 2 aliphatic heterocycles. The van der Waals surface area contributed by atoms with E-state index in [0.717, 1.165) is 54.5 Å². The summed E-state index contributed by atoms with van der Waals surface area (Å²) < 4.78 is 41.5. The Labute approximate surface area is 202 Å². The molecule has 3 N–H and O–H groups in total. The maximum absolute atomic E-state index is 13.8. The first kappa shape index (κ1) is 23.2. The number of halogens is 3. The van der Waals surface area contributed by atoms with Crippen LogP contribution in [0.3, 0.4) is 0 Å². The lowest BCUT2D eigenvalue weighted by Gasteiger charge is -2.26. The summed E-state index contributed by atoms with van der Waals surface area (Å²) in [7, 11) is 2.10. The smallest absolute Gasteiger partial charge is 0.381 e. The van der Waals surface area contributed by atoms with Gasteiger partial charge in [-0.05, 0) is 54.3 Å². The van der Waals surface area contributed by atoms with E-state index in [4.69, 9.17) is 0 Å². The summed E-state index contributed by atoms with van der Waals surface area (Å²) in [4.78, 5) is 10.6. The molecule has 3 heterocycles. The first-order valence-electron chi connectivity index (χ1n) is 11.6. The first-order chi connectivity index (χ1) is 16.7. The van der Waals surface area contributed by atoms with E-state index < -0.39 is 11.7 Å². The predicted molar refractivity (Wildman–Crippen MR) is 132 cm³/mol. The molecule has 9 heteroatoms. The summed E-state index contributed by atoms with van der Waals surface area (Å²) in [6.07, 6.45) is -2.09. The summed E-state index contributed by atoms with van der Waals surface area (Å²) >= 11 is 0. The fraction of sp³-hybridized carbons (Fsp3) is 0.308. The number of likely N-dealkylation sites (N-methyl/N-ethyl adjacent to an activating group) is 1. The minimum atomic E-state index is -4.61. The Bertz CT molecular complexity index is 1300. The number of rotatable bonds is 5. The molecule has 0 fully saturated rings. The second-order valence-electron chi connectivity index (χ2n) is 8.99. The summed E-state index contributed by atoms with van der Waals surface area (Å²) in [6.45, 7) is 8.46. The number of hydrogen-bond acceptors (Lipinski definition) is 6. The highest BCUT2D eigenvalue weighted by molar-refractivity contribution is 5.82. The molecule has 0 bridgehead atoms. The standard InChI is InChI=1S/C26H27F3N6/c1-4-16-10-19-14-35(3)9-8-17(19)11-22(16)33-25-31-13-20(26(27,28)29)24(34-25)32-21-7-5-6-18-12-30-15(2)23(18)21/h5-7,10-11,13,30H,2,4,8-9,12,14H2,1,3H3,(H2,31,32,33,34). The van der Waals surface area contributed by atoms with E-state index in [1.54, 1.807) is 12.1 Å². The molecule has 0 saturated carbocycles. The molecule has 2 aliphatic rings. The number of aromatic nitrogens is 2. The molecule has 0 radical (unpaired) electrons. The number of benzene rings is 2. The molecule has 0 saturated heterocycles. The van der Waals surface area contributed by atoms with E-state index in [1.807, 2.05) is 6.07 Å². The molecule has 3 aromatic rings. The van der Waals surface area contributed by atoms with Gasteiger partial charge in [-0.15, -0.1) is 0 Å². The van der Waals surface area contributed by atoms with Crippen molar-refractivity contribution in [2.24, 2.45) is 0 Å². The number of alkyl halides is 3. The molecule has 2 aromatic carbocycles. The lowest BCUT2D eigenvalue weighted by Crippen LogP contribution is -2.26. The summed E-state index contributed by atoms with van der Waals surface area (Å²) in [5, 5.41) is 9.22. The molecule has 35 heavy (non-hydrogen) atoms. The summed E-state index contributed by atoms with van der Waals surface area (Å²) in [6, 6.07) is 9.69. The largest absolute Gasteiger partial charge is 0.421 e. The van der Waals surface area contributed by atoms with Crippen molar-refractivity contribution in [3.63, 3.8) is 0 Å². The van der Waals surface area contributed by atoms with E-state index in [0.29, 0.717) is 17.9 Å². The third-order valence-corrected chi connectivity index (χ3v) is 6.55. The Morgan fingerprint density at radius 2 is 1.94 bits per heavy atom. The summed E-state index contributed by atoms with van der Waals surface area (Å²) in [5.41, 5.74) is 6.38. The van der Waals surface area contributed by atoms with E-state index in [1.165, 1.54) is 11.1 Å². The van der Waals surface area contributed by atoms with Crippen LogP contribution in [0, 0.1) is 0 Å². The predicted octanol–water partition coefficient (Wildman–Crippen LogP) is 5.61. The number of fused-ring (bicyclic) bond motifs is 2. The van der Waals surface area contributed by atoms with Gasteiger partial charge in [0.05, 0.1) is 0 Å². The zero-order valence-corrected chi connectivity index (χ0v) is 19.7. The fourth-order valence-electron chi connectivity index (χ4n) is 4.70. The fourth-order valence-corrected chi connectivity index (χ4v) is 4.70. The van der Waals surface area contributed by atoms with Crippen molar-refractivity contribution < 1.29 is 13.2 Å². The molecule has 0 amide bonds. The lowest BCUT2D eigenvalue weighted by molar-refractivity contribution is -0.137. The third kappa shape index (κ3) is 4.55. The third-order valence-electron chi connectivity index (χ3n) is 6.55. The molecule has 6 nitrogen and oxygen atoms in total. The number of anilines is 4. The van der Waals surface area contributed by atoms with Crippen LogP contribution in [0.4, 0.5) is 36.3 Å². The van der Waals surface area contributed by atoms with Gasteiger partial charge in [-0.3, -0.25) is 0 Å². The zero-order chi connectivity index (χ0) is 24.7. The molecule has 1 aromatic heterocycles. The number of nitrogens with one attached hydrogen (secondary N) is 3. The van der Waals surface area contributed by atoms with Crippen molar-refractivity contribution in [3.05, 3.63) is 76.5 Å². The topological polar surface area (TPSA) is 65.1 Å². The van der Waals surface area contributed by atoms with Crippen LogP contribution >= 0.6 is 0 Å². The van der Waals surface area contributed by atoms with Crippen LogP contribution in [0.15, 0.2) is 43.1 Å². The van der Waals surface area contributed by atoms with Gasteiger partial charge in [0.1, 0.15) is 11.4 Å². The van der Waals surface area contributed by atoms with Crippen LogP contribution in [0.5, 0.6) is 0 Å². The highest BCUT2D eigenvalue weighted by Crippen LogP contribution is 2.38. The quantitative estimate of drug-likeness (QED) is 0.441. The van der Waals surface area contributed by atoms with Crippen LogP contribution in [-0.4, -0.2) is 28.5 Å². The normalized spacial score (nSPS) is 15.4. The average Bonchev–Trinajstić information content (AvgIpc) is 3.20. The maximum Gasteiger partial charge on any atom is 0.421 e. The Morgan fingerprint density at radius 1 is 1.11 bits per heavy atom. The van der Waals surface area contributed by atoms with Gasteiger partial charge in [-0.1, -0.05) is 31.7 Å². The van der Waals surface area contributed by atoms with Gasteiger partial charge in [0.2, 0.25) is 5.95 Å². The van der Waals surface area contributed by atoms with Crippen LogP contribution in [0.2, 0.25) is 0 Å². The van der Waals surface area contributed by atoms with E-state index in [2.05, 4.69) is 63.5 Å². The molecular weight excluding hydrogens is 453 g/mol. The second-order valence-corrected chi connectivity index (χ2v) is 8.99. The van der Waals surface area contributed by atoms with Gasteiger partial charge in [0.25, 0.3) is 0 Å². The van der Waals surface area contributed by atoms with Crippen molar-refractivity contribution in [2.75, 3.05) is 24.2 Å². The molecule has 0 aliphatic carbocycles. The van der Waals surface area contributed by atoms with Crippen molar-refractivity contribution in [2.45, 2.75) is 39.0 Å². The molecular formula is C26H27F3N6. The Kier molecular flexibility index (Phi) is 5.88. The van der Waals surface area contributed by atoms with Gasteiger partial charge in [0.15, 0.2) is 0 Å². The van der Waals surface area contributed by atoms with Crippen molar-refractivity contribution >= 4 is 28.8 Å². The average molecular weight is 481 g/mol. The SMILES string of the molecule is C=C1NCc2cccc(Nc3nc(Nc4cc5c(cc4CC)CN(C)CC5)ncc3C(F)(F)F)c21. The maximum atomic E-state index is 13.8. The van der Waals surface area contributed by atoms with E-state index in [-0.39, 0.29) is 11.8 Å². The zero-order valence-electron chi connectivity index (χ0n) is 19.7. The Morgan fingerprint density at radius 3 is 2.71 bits per heavy atom. The van der Waals surface area contributed by atoms with Crippen molar-refractivity contribution in [3.8, 4) is 0 Å². The van der Waals surface area contributed by atoms with Crippen LogP contribution < -0.4 is 16.0 Å². The van der Waals surface area contributed by atoms with Crippen LogP contribution in [0.25, 0.3) is 5.70 Å². The minimum absolute atomic E-state index is 0.104. The molecule has 0 spiro atoms.